The average Bonchev–Trinajstić information content (AvgIpc) is 3.20. The molecule has 0 unspecified atom stereocenters. The van der Waals surface area contributed by atoms with Crippen molar-refractivity contribution in [2.75, 3.05) is 0 Å². The van der Waals surface area contributed by atoms with Gasteiger partial charge in [0.2, 0.25) is 0 Å². The van der Waals surface area contributed by atoms with Crippen molar-refractivity contribution < 1.29 is 0 Å². The molecule has 0 N–H and O–H groups in total. The maximum atomic E-state index is 6.19. The number of nitrogens with zero attached hydrogens (tertiary/aromatic N) is 2. The average molecular weight is 277 g/mol. The highest BCUT2D eigenvalue weighted by Crippen LogP contribution is 2.40. The summed E-state index contributed by atoms with van der Waals surface area (Å²) in [5.41, 5.74) is 0.968. The molecule has 0 aliphatic heterocycles. The molecule has 0 bridgehead atoms. The third-order valence-electron chi connectivity index (χ3n) is 2.96. The van der Waals surface area contributed by atoms with Gasteiger partial charge in [-0.3, -0.25) is 0 Å². The van der Waals surface area contributed by atoms with Crippen LogP contribution in [0.5, 0.6) is 0 Å². The Kier molecular flexibility index (Phi) is 3.27. The standard InChI is InChI=1S/C14H13ClN2S/c1-9-12(15)16-13(10-7-8-10)17-14(9)18-11-5-3-2-4-6-11/h2-6,10H,7-8H2,1H3. The maximum Gasteiger partial charge on any atom is 0.136 e. The summed E-state index contributed by atoms with van der Waals surface area (Å²) in [7, 11) is 0. The van der Waals surface area contributed by atoms with E-state index in [1.807, 2.05) is 25.1 Å². The van der Waals surface area contributed by atoms with E-state index in [-0.39, 0.29) is 0 Å². The Morgan fingerprint density at radius 1 is 1.17 bits per heavy atom. The first-order valence-corrected chi connectivity index (χ1v) is 7.20. The van der Waals surface area contributed by atoms with Crippen molar-refractivity contribution >= 4 is 23.4 Å². The lowest BCUT2D eigenvalue weighted by Crippen LogP contribution is -1.98. The van der Waals surface area contributed by atoms with E-state index in [0.717, 1.165) is 16.4 Å². The monoisotopic (exact) mass is 276 g/mol. The zero-order valence-electron chi connectivity index (χ0n) is 10.1. The van der Waals surface area contributed by atoms with E-state index < -0.39 is 0 Å². The molecule has 1 aromatic carbocycles. The highest BCUT2D eigenvalue weighted by Gasteiger charge is 2.28. The fourth-order valence-electron chi connectivity index (χ4n) is 1.71. The molecule has 1 aromatic heterocycles. The van der Waals surface area contributed by atoms with Gasteiger partial charge < -0.3 is 0 Å². The van der Waals surface area contributed by atoms with Gasteiger partial charge in [-0.2, -0.15) is 0 Å². The van der Waals surface area contributed by atoms with Gasteiger partial charge in [0.05, 0.1) is 0 Å². The smallest absolute Gasteiger partial charge is 0.136 e. The quantitative estimate of drug-likeness (QED) is 0.774. The number of hydrogen-bond donors (Lipinski definition) is 0. The van der Waals surface area contributed by atoms with Crippen LogP contribution < -0.4 is 0 Å². The predicted molar refractivity (Wildman–Crippen MR) is 74.3 cm³/mol. The second-order valence-electron chi connectivity index (χ2n) is 4.49. The molecule has 2 aromatic rings. The third kappa shape index (κ3) is 2.52. The largest absolute Gasteiger partial charge is 0.226 e. The van der Waals surface area contributed by atoms with E-state index in [4.69, 9.17) is 11.6 Å². The summed E-state index contributed by atoms with van der Waals surface area (Å²) in [5, 5.41) is 1.56. The molecule has 1 saturated carbocycles. The number of halogens is 1. The molecule has 0 atom stereocenters. The minimum Gasteiger partial charge on any atom is -0.226 e. The van der Waals surface area contributed by atoms with Gasteiger partial charge in [0.1, 0.15) is 16.0 Å². The van der Waals surface area contributed by atoms with Gasteiger partial charge >= 0.3 is 0 Å². The molecule has 18 heavy (non-hydrogen) atoms. The Morgan fingerprint density at radius 3 is 2.56 bits per heavy atom. The van der Waals surface area contributed by atoms with Crippen LogP contribution in [0, 0.1) is 6.92 Å². The normalized spacial score (nSPS) is 14.8. The molecule has 2 nitrogen and oxygen atoms in total. The summed E-state index contributed by atoms with van der Waals surface area (Å²) < 4.78 is 0. The molecule has 0 saturated heterocycles. The first-order valence-electron chi connectivity index (χ1n) is 6.01. The van der Waals surface area contributed by atoms with Crippen LogP contribution in [0.15, 0.2) is 40.3 Å². The molecule has 1 aliphatic carbocycles. The van der Waals surface area contributed by atoms with Gasteiger partial charge in [-0.15, -0.1) is 0 Å². The topological polar surface area (TPSA) is 25.8 Å². The summed E-state index contributed by atoms with van der Waals surface area (Å²) in [5.74, 6) is 1.43. The van der Waals surface area contributed by atoms with E-state index in [9.17, 15) is 0 Å². The second kappa shape index (κ2) is 4.90. The minimum atomic E-state index is 0.526. The van der Waals surface area contributed by atoms with Crippen LogP contribution in [-0.2, 0) is 0 Å². The van der Waals surface area contributed by atoms with Gasteiger partial charge in [0, 0.05) is 16.4 Å². The Bertz CT molecular complexity index is 568. The van der Waals surface area contributed by atoms with Crippen LogP contribution in [-0.4, -0.2) is 9.97 Å². The van der Waals surface area contributed by atoms with Crippen molar-refractivity contribution in [1.82, 2.24) is 9.97 Å². The molecular weight excluding hydrogens is 264 g/mol. The maximum absolute atomic E-state index is 6.19. The number of hydrogen-bond acceptors (Lipinski definition) is 3. The third-order valence-corrected chi connectivity index (χ3v) is 4.43. The van der Waals surface area contributed by atoms with Crippen molar-refractivity contribution in [3.63, 3.8) is 0 Å². The van der Waals surface area contributed by atoms with Crippen molar-refractivity contribution in [2.45, 2.75) is 35.6 Å². The van der Waals surface area contributed by atoms with E-state index in [1.165, 1.54) is 17.7 Å². The lowest BCUT2D eigenvalue weighted by Gasteiger charge is -2.08. The van der Waals surface area contributed by atoms with E-state index in [1.54, 1.807) is 11.8 Å². The van der Waals surface area contributed by atoms with E-state index in [0.29, 0.717) is 11.1 Å². The number of aromatic nitrogens is 2. The Balaban J connectivity index is 1.95. The van der Waals surface area contributed by atoms with Crippen LogP contribution in [0.4, 0.5) is 0 Å². The van der Waals surface area contributed by atoms with Crippen molar-refractivity contribution in [3.8, 4) is 0 Å². The molecule has 1 heterocycles. The van der Waals surface area contributed by atoms with Crippen molar-refractivity contribution in [3.05, 3.63) is 46.9 Å². The fraction of sp³-hybridized carbons (Fsp3) is 0.286. The summed E-state index contributed by atoms with van der Waals surface area (Å²) in [6.07, 6.45) is 2.38. The van der Waals surface area contributed by atoms with E-state index in [2.05, 4.69) is 22.1 Å². The van der Waals surface area contributed by atoms with Crippen LogP contribution in [0.25, 0.3) is 0 Å². The van der Waals surface area contributed by atoms with Crippen LogP contribution in [0.3, 0.4) is 0 Å². The zero-order chi connectivity index (χ0) is 12.5. The summed E-state index contributed by atoms with van der Waals surface area (Å²) >= 11 is 7.84. The van der Waals surface area contributed by atoms with Gasteiger partial charge in [-0.25, -0.2) is 9.97 Å². The zero-order valence-corrected chi connectivity index (χ0v) is 11.6. The van der Waals surface area contributed by atoms with E-state index >= 15 is 0 Å². The van der Waals surface area contributed by atoms with Crippen LogP contribution in [0.1, 0.15) is 30.1 Å². The molecule has 1 aliphatic rings. The minimum absolute atomic E-state index is 0.526. The van der Waals surface area contributed by atoms with Crippen LogP contribution >= 0.6 is 23.4 Å². The summed E-state index contributed by atoms with van der Waals surface area (Å²) in [6, 6.07) is 10.2. The molecule has 0 radical (unpaired) electrons. The molecule has 1 fully saturated rings. The molecule has 3 rings (SSSR count). The lowest BCUT2D eigenvalue weighted by molar-refractivity contribution is 0.862. The lowest BCUT2D eigenvalue weighted by atomic mass is 10.3. The Morgan fingerprint density at radius 2 is 1.89 bits per heavy atom. The SMILES string of the molecule is Cc1c(Cl)nc(C2CC2)nc1Sc1ccccc1. The second-order valence-corrected chi connectivity index (χ2v) is 5.91. The Labute approximate surface area is 116 Å². The first-order chi connectivity index (χ1) is 8.74. The predicted octanol–water partition coefficient (Wildman–Crippen LogP) is 4.47. The van der Waals surface area contributed by atoms with Gasteiger partial charge in [-0.1, -0.05) is 41.6 Å². The number of benzene rings is 1. The van der Waals surface area contributed by atoms with Crippen LogP contribution in [0.2, 0.25) is 5.15 Å². The molecular formula is C14H13ClN2S. The van der Waals surface area contributed by atoms with Gasteiger partial charge in [0.25, 0.3) is 0 Å². The molecule has 0 spiro atoms. The molecule has 92 valence electrons. The first kappa shape index (κ1) is 12.0. The summed E-state index contributed by atoms with van der Waals surface area (Å²) in [4.78, 5) is 10.2. The Hall–Kier alpha value is -1.06. The molecule has 4 heteroatoms. The van der Waals surface area contributed by atoms with Gasteiger partial charge in [-0.05, 0) is 31.9 Å². The highest BCUT2D eigenvalue weighted by atomic mass is 35.5. The fourth-order valence-corrected chi connectivity index (χ4v) is 2.85. The van der Waals surface area contributed by atoms with Gasteiger partial charge in [0.15, 0.2) is 0 Å². The molecule has 0 amide bonds. The summed E-state index contributed by atoms with van der Waals surface area (Å²) in [6.45, 7) is 1.98. The van der Waals surface area contributed by atoms with Crippen molar-refractivity contribution in [2.24, 2.45) is 0 Å². The highest BCUT2D eigenvalue weighted by molar-refractivity contribution is 7.99. The number of rotatable bonds is 3. The van der Waals surface area contributed by atoms with Crippen molar-refractivity contribution in [1.29, 1.82) is 0 Å².